The van der Waals surface area contributed by atoms with Crippen LogP contribution in [0.5, 0.6) is 0 Å². The standard InChI is InChI=1S/C15H30N2O3/c1-6-9(3)11(5)12(8-13(18)19)17-15(20)14(16)10(4)7-2/h9-12,14H,6-8,16H2,1-5H3,(H,17,20)(H,18,19)/t9-,10?,11-,12-,14+/m1/s1. The van der Waals surface area contributed by atoms with Gasteiger partial charge < -0.3 is 16.2 Å². The number of carboxylic acid groups (broad SMARTS) is 1. The van der Waals surface area contributed by atoms with Crippen LogP contribution in [0.15, 0.2) is 0 Å². The van der Waals surface area contributed by atoms with Crippen molar-refractivity contribution >= 4 is 11.9 Å². The van der Waals surface area contributed by atoms with Crippen molar-refractivity contribution in [3.05, 3.63) is 0 Å². The van der Waals surface area contributed by atoms with Gasteiger partial charge in [-0.2, -0.15) is 0 Å². The fraction of sp³-hybridized carbons (Fsp3) is 0.867. The number of amides is 1. The van der Waals surface area contributed by atoms with E-state index in [-0.39, 0.29) is 30.2 Å². The van der Waals surface area contributed by atoms with Gasteiger partial charge in [0, 0.05) is 6.04 Å². The smallest absolute Gasteiger partial charge is 0.305 e. The number of nitrogens with one attached hydrogen (secondary N) is 1. The number of carboxylic acids is 1. The van der Waals surface area contributed by atoms with Crippen LogP contribution in [0.4, 0.5) is 0 Å². The van der Waals surface area contributed by atoms with E-state index in [4.69, 9.17) is 10.8 Å². The predicted molar refractivity (Wildman–Crippen MR) is 80.2 cm³/mol. The van der Waals surface area contributed by atoms with Crippen molar-refractivity contribution in [3.63, 3.8) is 0 Å². The van der Waals surface area contributed by atoms with Crippen LogP contribution < -0.4 is 11.1 Å². The van der Waals surface area contributed by atoms with Crippen molar-refractivity contribution in [3.8, 4) is 0 Å². The third-order valence-electron chi connectivity index (χ3n) is 4.46. The number of hydrogen-bond donors (Lipinski definition) is 3. The minimum absolute atomic E-state index is 0.0650. The fourth-order valence-electron chi connectivity index (χ4n) is 2.12. The van der Waals surface area contributed by atoms with Gasteiger partial charge in [0.1, 0.15) is 0 Å². The Balaban J connectivity index is 4.80. The minimum Gasteiger partial charge on any atom is -0.481 e. The molecule has 0 aromatic rings. The van der Waals surface area contributed by atoms with Crippen molar-refractivity contribution in [2.75, 3.05) is 0 Å². The van der Waals surface area contributed by atoms with Crippen LogP contribution in [0.25, 0.3) is 0 Å². The molecule has 0 spiro atoms. The van der Waals surface area contributed by atoms with E-state index in [1.807, 2.05) is 20.8 Å². The average Bonchev–Trinajstić information content (AvgIpc) is 2.42. The van der Waals surface area contributed by atoms with Gasteiger partial charge in [-0.05, 0) is 17.8 Å². The highest BCUT2D eigenvalue weighted by Gasteiger charge is 2.28. The molecule has 0 heterocycles. The number of carbonyl (C=O) groups is 2. The van der Waals surface area contributed by atoms with Crippen LogP contribution >= 0.6 is 0 Å². The quantitative estimate of drug-likeness (QED) is 0.604. The largest absolute Gasteiger partial charge is 0.481 e. The number of hydrogen-bond acceptors (Lipinski definition) is 3. The summed E-state index contributed by atoms with van der Waals surface area (Å²) >= 11 is 0. The highest BCUT2D eigenvalue weighted by molar-refractivity contribution is 5.82. The maximum absolute atomic E-state index is 12.1. The maximum Gasteiger partial charge on any atom is 0.305 e. The minimum atomic E-state index is -0.900. The van der Waals surface area contributed by atoms with E-state index in [9.17, 15) is 9.59 Å². The molecule has 0 aliphatic rings. The number of aliphatic carboxylic acids is 1. The van der Waals surface area contributed by atoms with Gasteiger partial charge in [0.05, 0.1) is 12.5 Å². The van der Waals surface area contributed by atoms with Gasteiger partial charge in [-0.3, -0.25) is 9.59 Å². The van der Waals surface area contributed by atoms with Crippen LogP contribution in [0, 0.1) is 17.8 Å². The third-order valence-corrected chi connectivity index (χ3v) is 4.46. The lowest BCUT2D eigenvalue weighted by Crippen LogP contribution is -2.51. The molecule has 0 aliphatic heterocycles. The summed E-state index contributed by atoms with van der Waals surface area (Å²) in [4.78, 5) is 23.1. The normalized spacial score (nSPS) is 18.7. The van der Waals surface area contributed by atoms with Gasteiger partial charge in [0.25, 0.3) is 0 Å². The van der Waals surface area contributed by atoms with Gasteiger partial charge in [-0.15, -0.1) is 0 Å². The van der Waals surface area contributed by atoms with E-state index in [0.29, 0.717) is 5.92 Å². The zero-order valence-electron chi connectivity index (χ0n) is 13.3. The number of carbonyl (C=O) groups excluding carboxylic acids is 1. The van der Waals surface area contributed by atoms with E-state index < -0.39 is 12.0 Å². The molecule has 20 heavy (non-hydrogen) atoms. The lowest BCUT2D eigenvalue weighted by Gasteiger charge is -2.30. The van der Waals surface area contributed by atoms with E-state index in [2.05, 4.69) is 19.2 Å². The first-order valence-electron chi connectivity index (χ1n) is 7.52. The van der Waals surface area contributed by atoms with Crippen molar-refractivity contribution in [1.82, 2.24) is 5.32 Å². The molecular formula is C15H30N2O3. The number of rotatable bonds is 9. The second-order valence-electron chi connectivity index (χ2n) is 5.87. The highest BCUT2D eigenvalue weighted by atomic mass is 16.4. The maximum atomic E-state index is 12.1. The Kier molecular flexibility index (Phi) is 8.46. The molecule has 1 unspecified atom stereocenters. The molecular weight excluding hydrogens is 256 g/mol. The molecule has 0 fully saturated rings. The summed E-state index contributed by atoms with van der Waals surface area (Å²) in [5, 5.41) is 11.8. The second kappa shape index (κ2) is 8.95. The molecule has 0 rings (SSSR count). The summed E-state index contributed by atoms with van der Waals surface area (Å²) in [6.45, 7) is 10.0. The molecule has 0 radical (unpaired) electrons. The summed E-state index contributed by atoms with van der Waals surface area (Å²) < 4.78 is 0. The Morgan fingerprint density at radius 2 is 1.60 bits per heavy atom. The average molecular weight is 286 g/mol. The van der Waals surface area contributed by atoms with Crippen molar-refractivity contribution in [2.45, 2.75) is 66.0 Å². The summed E-state index contributed by atoms with van der Waals surface area (Å²) in [5.41, 5.74) is 5.90. The monoisotopic (exact) mass is 286 g/mol. The van der Waals surface area contributed by atoms with Crippen molar-refractivity contribution in [2.24, 2.45) is 23.5 Å². The van der Waals surface area contributed by atoms with E-state index in [1.165, 1.54) is 0 Å². The molecule has 5 atom stereocenters. The molecule has 0 saturated carbocycles. The molecule has 0 aromatic heterocycles. The Morgan fingerprint density at radius 1 is 1.10 bits per heavy atom. The summed E-state index contributed by atoms with van der Waals surface area (Å²) in [7, 11) is 0. The SMILES string of the molecule is CCC(C)[C@H](N)C(=O)N[C@H](CC(=O)O)[C@H](C)[C@H](C)CC. The van der Waals surface area contributed by atoms with Crippen LogP contribution in [-0.2, 0) is 9.59 Å². The Hall–Kier alpha value is -1.10. The van der Waals surface area contributed by atoms with Gasteiger partial charge in [-0.1, -0.05) is 47.5 Å². The molecule has 0 aliphatic carbocycles. The molecule has 1 amide bonds. The molecule has 4 N–H and O–H groups in total. The zero-order chi connectivity index (χ0) is 15.9. The first-order chi connectivity index (χ1) is 9.24. The fourth-order valence-corrected chi connectivity index (χ4v) is 2.12. The Bertz CT molecular complexity index is 320. The summed E-state index contributed by atoms with van der Waals surface area (Å²) in [6, 6.07) is -0.953. The predicted octanol–water partition coefficient (Wildman–Crippen LogP) is 2.00. The van der Waals surface area contributed by atoms with Gasteiger partial charge in [0.2, 0.25) is 5.91 Å². The van der Waals surface area contributed by atoms with E-state index >= 15 is 0 Å². The van der Waals surface area contributed by atoms with E-state index in [0.717, 1.165) is 12.8 Å². The zero-order valence-corrected chi connectivity index (χ0v) is 13.3. The van der Waals surface area contributed by atoms with Crippen LogP contribution in [0.2, 0.25) is 0 Å². The first-order valence-corrected chi connectivity index (χ1v) is 7.52. The topological polar surface area (TPSA) is 92.4 Å². The van der Waals surface area contributed by atoms with E-state index in [1.54, 1.807) is 0 Å². The van der Waals surface area contributed by atoms with Crippen molar-refractivity contribution < 1.29 is 14.7 Å². The second-order valence-corrected chi connectivity index (χ2v) is 5.87. The third kappa shape index (κ3) is 5.90. The van der Waals surface area contributed by atoms with Gasteiger partial charge in [0.15, 0.2) is 0 Å². The highest BCUT2D eigenvalue weighted by Crippen LogP contribution is 2.21. The summed E-state index contributed by atoms with van der Waals surface area (Å²) in [5.74, 6) is -0.619. The number of nitrogens with two attached hydrogens (primary N) is 1. The lowest BCUT2D eigenvalue weighted by atomic mass is 9.85. The van der Waals surface area contributed by atoms with Crippen LogP contribution in [0.1, 0.15) is 53.9 Å². The van der Waals surface area contributed by atoms with Crippen LogP contribution in [0.3, 0.4) is 0 Å². The molecule has 118 valence electrons. The Morgan fingerprint density at radius 3 is 2.00 bits per heavy atom. The van der Waals surface area contributed by atoms with Gasteiger partial charge >= 0.3 is 5.97 Å². The van der Waals surface area contributed by atoms with Gasteiger partial charge in [-0.25, -0.2) is 0 Å². The molecule has 0 bridgehead atoms. The van der Waals surface area contributed by atoms with Crippen molar-refractivity contribution in [1.29, 1.82) is 0 Å². The first kappa shape index (κ1) is 18.9. The summed E-state index contributed by atoms with van der Waals surface area (Å²) in [6.07, 6.45) is 1.70. The van der Waals surface area contributed by atoms with Crippen LogP contribution in [-0.4, -0.2) is 29.1 Å². The Labute approximate surface area is 122 Å². The molecule has 0 saturated heterocycles. The molecule has 0 aromatic carbocycles. The molecule has 5 heteroatoms. The molecule has 5 nitrogen and oxygen atoms in total. The lowest BCUT2D eigenvalue weighted by molar-refractivity contribution is -0.138.